The summed E-state index contributed by atoms with van der Waals surface area (Å²) in [6.07, 6.45) is 1.03. The Labute approximate surface area is 126 Å². The van der Waals surface area contributed by atoms with E-state index in [9.17, 15) is 0 Å². The first-order valence-corrected chi connectivity index (χ1v) is 7.34. The average molecular weight is 282 g/mol. The molecule has 0 spiro atoms. The molecule has 0 radical (unpaired) electrons. The molecule has 1 aliphatic heterocycles. The van der Waals surface area contributed by atoms with Gasteiger partial charge in [0.05, 0.1) is 7.11 Å². The molecule has 0 aromatic heterocycles. The topological polar surface area (TPSA) is 38.5 Å². The zero-order chi connectivity index (χ0) is 15.0. The van der Waals surface area contributed by atoms with Gasteiger partial charge in [-0.1, -0.05) is 17.7 Å². The van der Waals surface area contributed by atoms with Crippen LogP contribution < -0.4 is 10.5 Å². The molecule has 0 aliphatic carbocycles. The van der Waals surface area contributed by atoms with Crippen LogP contribution in [-0.4, -0.2) is 25.6 Å². The Balaban J connectivity index is 2.20. The first kappa shape index (κ1) is 14.0. The monoisotopic (exact) mass is 282 g/mol. The van der Waals surface area contributed by atoms with Crippen LogP contribution in [0.4, 0.5) is 5.69 Å². The van der Waals surface area contributed by atoms with E-state index in [1.54, 1.807) is 7.11 Å². The third kappa shape index (κ3) is 2.49. The largest absolute Gasteiger partial charge is 0.496 e. The van der Waals surface area contributed by atoms with Gasteiger partial charge in [-0.15, -0.1) is 0 Å². The van der Waals surface area contributed by atoms with Crippen LogP contribution in [0, 0.1) is 6.92 Å². The first-order chi connectivity index (χ1) is 10.1. The molecular weight excluding hydrogens is 260 g/mol. The van der Waals surface area contributed by atoms with Crippen molar-refractivity contribution in [2.75, 3.05) is 26.4 Å². The number of fused-ring (bicyclic) bond motifs is 1. The lowest BCUT2D eigenvalue weighted by atomic mass is 9.89. The number of ether oxygens (including phenoxy) is 1. The van der Waals surface area contributed by atoms with Crippen LogP contribution in [0.25, 0.3) is 11.1 Å². The van der Waals surface area contributed by atoms with Crippen molar-refractivity contribution < 1.29 is 4.74 Å². The van der Waals surface area contributed by atoms with Crippen molar-refractivity contribution in [3.63, 3.8) is 0 Å². The third-order valence-electron chi connectivity index (χ3n) is 4.28. The Bertz CT molecular complexity index is 679. The molecule has 2 aromatic rings. The lowest BCUT2D eigenvalue weighted by Gasteiger charge is -2.28. The lowest BCUT2D eigenvalue weighted by Crippen LogP contribution is -2.27. The fourth-order valence-corrected chi connectivity index (χ4v) is 3.12. The number of hydrogen-bond acceptors (Lipinski definition) is 3. The number of nitrogens with zero attached hydrogens (tertiary/aromatic N) is 1. The van der Waals surface area contributed by atoms with Crippen molar-refractivity contribution in [3.8, 4) is 16.9 Å². The Morgan fingerprint density at radius 2 is 1.90 bits per heavy atom. The van der Waals surface area contributed by atoms with E-state index in [0.29, 0.717) is 0 Å². The van der Waals surface area contributed by atoms with E-state index in [-0.39, 0.29) is 0 Å². The van der Waals surface area contributed by atoms with Gasteiger partial charge in [-0.05, 0) is 55.3 Å². The second-order valence-electron chi connectivity index (χ2n) is 5.85. The van der Waals surface area contributed by atoms with Crippen molar-refractivity contribution in [1.29, 1.82) is 0 Å². The summed E-state index contributed by atoms with van der Waals surface area (Å²) in [7, 11) is 3.87. The van der Waals surface area contributed by atoms with Crippen LogP contribution in [0.2, 0.25) is 0 Å². The van der Waals surface area contributed by atoms with Crippen molar-refractivity contribution in [1.82, 2.24) is 4.90 Å². The molecule has 0 unspecified atom stereocenters. The molecule has 3 rings (SSSR count). The van der Waals surface area contributed by atoms with Crippen LogP contribution in [-0.2, 0) is 13.0 Å². The minimum absolute atomic E-state index is 0.895. The fraction of sp³-hybridized carbons (Fsp3) is 0.333. The van der Waals surface area contributed by atoms with E-state index in [2.05, 4.69) is 37.1 Å². The summed E-state index contributed by atoms with van der Waals surface area (Å²) in [6.45, 7) is 4.10. The van der Waals surface area contributed by atoms with Crippen molar-refractivity contribution in [2.24, 2.45) is 0 Å². The van der Waals surface area contributed by atoms with Crippen LogP contribution in [0.3, 0.4) is 0 Å². The maximum atomic E-state index is 6.19. The van der Waals surface area contributed by atoms with E-state index in [1.165, 1.54) is 27.8 Å². The zero-order valence-corrected chi connectivity index (χ0v) is 12.9. The van der Waals surface area contributed by atoms with E-state index in [1.807, 2.05) is 12.1 Å². The van der Waals surface area contributed by atoms with Crippen LogP contribution in [0.5, 0.6) is 5.75 Å². The quantitative estimate of drug-likeness (QED) is 0.859. The number of rotatable bonds is 2. The number of likely N-dealkylation sites (N-methyl/N-ethyl adjacent to an activating group) is 1. The number of benzene rings is 2. The zero-order valence-electron chi connectivity index (χ0n) is 12.9. The summed E-state index contributed by atoms with van der Waals surface area (Å²) in [6, 6.07) is 10.5. The number of anilines is 1. The maximum Gasteiger partial charge on any atom is 0.126 e. The Morgan fingerprint density at radius 3 is 2.67 bits per heavy atom. The molecular formula is C18H22N2O. The van der Waals surface area contributed by atoms with Crippen molar-refractivity contribution in [2.45, 2.75) is 19.9 Å². The average Bonchev–Trinajstić information content (AvgIpc) is 2.48. The molecule has 0 bridgehead atoms. The molecule has 0 atom stereocenters. The van der Waals surface area contributed by atoms with Crippen molar-refractivity contribution in [3.05, 3.63) is 47.0 Å². The van der Waals surface area contributed by atoms with Crippen LogP contribution in [0.1, 0.15) is 16.7 Å². The fourth-order valence-electron chi connectivity index (χ4n) is 3.12. The first-order valence-electron chi connectivity index (χ1n) is 7.34. The minimum Gasteiger partial charge on any atom is -0.496 e. The van der Waals surface area contributed by atoms with Gasteiger partial charge in [-0.25, -0.2) is 0 Å². The number of nitrogen functional groups attached to an aromatic ring is 1. The number of nitrogens with two attached hydrogens (primary N) is 1. The molecule has 2 aromatic carbocycles. The van der Waals surface area contributed by atoms with Gasteiger partial charge in [-0.3, -0.25) is 0 Å². The smallest absolute Gasteiger partial charge is 0.126 e. The van der Waals surface area contributed by atoms with Crippen LogP contribution in [0.15, 0.2) is 30.3 Å². The summed E-state index contributed by atoms with van der Waals surface area (Å²) >= 11 is 0. The standard InChI is InChI=1S/C18H22N2O/c1-12-4-7-18(21-3)15(10-12)13-5-6-17(19)16-11-20(2)9-8-14(13)16/h4-7,10H,8-9,11,19H2,1-3H3. The second-order valence-corrected chi connectivity index (χ2v) is 5.85. The Morgan fingerprint density at radius 1 is 1.10 bits per heavy atom. The molecule has 3 nitrogen and oxygen atoms in total. The summed E-state index contributed by atoms with van der Waals surface area (Å²) < 4.78 is 5.56. The number of hydrogen-bond donors (Lipinski definition) is 1. The van der Waals surface area contributed by atoms with E-state index in [0.717, 1.165) is 30.9 Å². The Hall–Kier alpha value is -2.00. The molecule has 1 aliphatic rings. The van der Waals surface area contributed by atoms with Crippen molar-refractivity contribution >= 4 is 5.69 Å². The second kappa shape index (κ2) is 5.41. The molecule has 21 heavy (non-hydrogen) atoms. The predicted molar refractivity (Wildman–Crippen MR) is 87.6 cm³/mol. The maximum absolute atomic E-state index is 6.19. The molecule has 0 saturated carbocycles. The van der Waals surface area contributed by atoms with Gasteiger partial charge < -0.3 is 15.4 Å². The molecule has 0 fully saturated rings. The third-order valence-corrected chi connectivity index (χ3v) is 4.28. The highest BCUT2D eigenvalue weighted by Gasteiger charge is 2.21. The SMILES string of the molecule is COc1ccc(C)cc1-c1ccc(N)c2c1CCN(C)C2. The molecule has 0 saturated heterocycles. The van der Waals surface area contributed by atoms with E-state index in [4.69, 9.17) is 10.5 Å². The van der Waals surface area contributed by atoms with Gasteiger partial charge in [0.25, 0.3) is 0 Å². The lowest BCUT2D eigenvalue weighted by molar-refractivity contribution is 0.314. The van der Waals surface area contributed by atoms with E-state index >= 15 is 0 Å². The molecule has 110 valence electrons. The molecule has 3 heteroatoms. The van der Waals surface area contributed by atoms with Gasteiger partial charge in [0.2, 0.25) is 0 Å². The summed E-state index contributed by atoms with van der Waals surface area (Å²) in [5, 5.41) is 0. The van der Waals surface area contributed by atoms with Gasteiger partial charge in [0.15, 0.2) is 0 Å². The van der Waals surface area contributed by atoms with Gasteiger partial charge in [0, 0.05) is 24.3 Å². The Kier molecular flexibility index (Phi) is 3.60. The molecule has 2 N–H and O–H groups in total. The van der Waals surface area contributed by atoms with Crippen LogP contribution >= 0.6 is 0 Å². The highest BCUT2D eigenvalue weighted by Crippen LogP contribution is 2.38. The number of aryl methyl sites for hydroxylation is 1. The summed E-state index contributed by atoms with van der Waals surface area (Å²) in [5.41, 5.74) is 13.4. The number of methoxy groups -OCH3 is 1. The van der Waals surface area contributed by atoms with Gasteiger partial charge in [-0.2, -0.15) is 0 Å². The normalized spacial score (nSPS) is 14.8. The summed E-state index contributed by atoms with van der Waals surface area (Å²) in [4.78, 5) is 2.32. The van der Waals surface area contributed by atoms with Gasteiger partial charge in [0.1, 0.15) is 5.75 Å². The summed E-state index contributed by atoms with van der Waals surface area (Å²) in [5.74, 6) is 0.923. The predicted octanol–water partition coefficient (Wildman–Crippen LogP) is 3.24. The van der Waals surface area contributed by atoms with E-state index < -0.39 is 0 Å². The van der Waals surface area contributed by atoms with Gasteiger partial charge >= 0.3 is 0 Å². The highest BCUT2D eigenvalue weighted by molar-refractivity contribution is 5.78. The molecule has 1 heterocycles. The minimum atomic E-state index is 0.895. The highest BCUT2D eigenvalue weighted by atomic mass is 16.5. The molecule has 0 amide bonds.